The van der Waals surface area contributed by atoms with Crippen LogP contribution in [0.1, 0.15) is 19.8 Å². The number of aromatic nitrogens is 2. The molecule has 0 aliphatic rings. The summed E-state index contributed by atoms with van der Waals surface area (Å²) in [7, 11) is 1.57. The topological polar surface area (TPSA) is 79.3 Å². The number of nitrogens with zero attached hydrogens (tertiary/aromatic N) is 2. The summed E-state index contributed by atoms with van der Waals surface area (Å²) in [6.45, 7) is 3.89. The molecule has 1 unspecified atom stereocenters. The number of hydrogen-bond acceptors (Lipinski definition) is 6. The van der Waals surface area contributed by atoms with Crippen LogP contribution in [0, 0.1) is 0 Å². The number of ether oxygens (including phenoxy) is 1. The monoisotopic (exact) mass is 332 g/mol. The Morgan fingerprint density at radius 2 is 2.21 bits per heavy atom. The van der Waals surface area contributed by atoms with Gasteiger partial charge < -0.3 is 20.5 Å². The Kier molecular flexibility index (Phi) is 7.69. The molecule has 0 bridgehead atoms. The molecule has 0 aliphatic carbocycles. The van der Waals surface area contributed by atoms with E-state index in [0.29, 0.717) is 25.5 Å². The molecule has 1 aromatic rings. The highest BCUT2D eigenvalue weighted by atomic mass is 79.9. The van der Waals surface area contributed by atoms with Crippen molar-refractivity contribution in [1.82, 2.24) is 9.97 Å². The van der Waals surface area contributed by atoms with Crippen LogP contribution in [0.25, 0.3) is 0 Å². The Morgan fingerprint density at radius 1 is 1.42 bits per heavy atom. The smallest absolute Gasteiger partial charge is 0.224 e. The molecule has 1 aromatic heterocycles. The van der Waals surface area contributed by atoms with Crippen molar-refractivity contribution in [2.45, 2.75) is 25.9 Å². The largest absolute Gasteiger partial charge is 0.391 e. The Morgan fingerprint density at radius 3 is 2.89 bits per heavy atom. The number of rotatable bonds is 9. The minimum Gasteiger partial charge on any atom is -0.391 e. The van der Waals surface area contributed by atoms with Gasteiger partial charge in [0.1, 0.15) is 5.82 Å². The van der Waals surface area contributed by atoms with Crippen LogP contribution in [-0.2, 0) is 4.74 Å². The van der Waals surface area contributed by atoms with Crippen LogP contribution in [0.4, 0.5) is 11.8 Å². The molecule has 3 N–H and O–H groups in total. The molecule has 0 aliphatic heterocycles. The van der Waals surface area contributed by atoms with Gasteiger partial charge in [0.05, 0.1) is 17.2 Å². The van der Waals surface area contributed by atoms with Crippen LogP contribution < -0.4 is 10.6 Å². The molecule has 19 heavy (non-hydrogen) atoms. The summed E-state index contributed by atoms with van der Waals surface area (Å²) in [6.07, 6.45) is 2.86. The lowest BCUT2D eigenvalue weighted by atomic mass is 10.2. The molecule has 0 radical (unpaired) electrons. The number of hydrogen-bond donors (Lipinski definition) is 3. The standard InChI is InChI=1S/C12H21BrN4O2/c1-3-5-15-12-16-7-10(13)11(17-12)14-6-4-9(18)8-19-2/h7,9,18H,3-6,8H2,1-2H3,(H2,14,15,16,17). The van der Waals surface area contributed by atoms with E-state index in [1.54, 1.807) is 13.3 Å². The van der Waals surface area contributed by atoms with Crippen LogP contribution in [0.15, 0.2) is 10.7 Å². The molecular weight excluding hydrogens is 312 g/mol. The maximum absolute atomic E-state index is 9.55. The van der Waals surface area contributed by atoms with E-state index in [9.17, 15) is 5.11 Å². The average molecular weight is 333 g/mol. The second kappa shape index (κ2) is 9.06. The molecule has 0 amide bonds. The van der Waals surface area contributed by atoms with E-state index < -0.39 is 6.10 Å². The number of aliphatic hydroxyl groups is 1. The molecule has 0 saturated carbocycles. The minimum absolute atomic E-state index is 0.343. The third-order valence-corrected chi connectivity index (χ3v) is 2.99. The van der Waals surface area contributed by atoms with Gasteiger partial charge in [-0.15, -0.1) is 0 Å². The van der Waals surface area contributed by atoms with Crippen molar-refractivity contribution < 1.29 is 9.84 Å². The first kappa shape index (κ1) is 16.1. The lowest BCUT2D eigenvalue weighted by molar-refractivity contribution is 0.0615. The van der Waals surface area contributed by atoms with Gasteiger partial charge in [0.15, 0.2) is 0 Å². The van der Waals surface area contributed by atoms with E-state index in [0.717, 1.165) is 23.3 Å². The zero-order valence-corrected chi connectivity index (χ0v) is 12.9. The summed E-state index contributed by atoms with van der Waals surface area (Å²) in [5.41, 5.74) is 0. The zero-order chi connectivity index (χ0) is 14.1. The summed E-state index contributed by atoms with van der Waals surface area (Å²) in [4.78, 5) is 8.53. The molecule has 0 fully saturated rings. The normalized spacial score (nSPS) is 12.2. The Hall–Kier alpha value is -0.920. The summed E-state index contributed by atoms with van der Waals surface area (Å²) in [6, 6.07) is 0. The Bertz CT molecular complexity index is 379. The highest BCUT2D eigenvalue weighted by Gasteiger charge is 2.06. The molecule has 0 saturated heterocycles. The van der Waals surface area contributed by atoms with Crippen LogP contribution >= 0.6 is 15.9 Å². The van der Waals surface area contributed by atoms with Gasteiger partial charge >= 0.3 is 0 Å². The Balaban J connectivity index is 2.47. The fourth-order valence-electron chi connectivity index (χ4n) is 1.45. The first-order valence-electron chi connectivity index (χ1n) is 6.34. The number of anilines is 2. The predicted molar refractivity (Wildman–Crippen MR) is 79.5 cm³/mol. The summed E-state index contributed by atoms with van der Waals surface area (Å²) < 4.78 is 5.67. The van der Waals surface area contributed by atoms with E-state index in [2.05, 4.69) is 43.5 Å². The van der Waals surface area contributed by atoms with Gasteiger partial charge in [-0.25, -0.2) is 4.98 Å². The molecule has 6 nitrogen and oxygen atoms in total. The van der Waals surface area contributed by atoms with Crippen molar-refractivity contribution in [2.75, 3.05) is 37.4 Å². The van der Waals surface area contributed by atoms with Gasteiger partial charge in [-0.3, -0.25) is 0 Å². The van der Waals surface area contributed by atoms with E-state index in [1.165, 1.54) is 0 Å². The fourth-order valence-corrected chi connectivity index (χ4v) is 1.78. The maximum atomic E-state index is 9.55. The third kappa shape index (κ3) is 6.17. The van der Waals surface area contributed by atoms with Crippen LogP contribution in [-0.4, -0.2) is 48.0 Å². The van der Waals surface area contributed by atoms with Crippen molar-refractivity contribution in [1.29, 1.82) is 0 Å². The SMILES string of the molecule is CCCNc1ncc(Br)c(NCCC(O)COC)n1. The average Bonchev–Trinajstić information content (AvgIpc) is 2.39. The molecule has 1 heterocycles. The lowest BCUT2D eigenvalue weighted by Gasteiger charge is -2.12. The van der Waals surface area contributed by atoms with Crippen molar-refractivity contribution in [3.05, 3.63) is 10.7 Å². The first-order chi connectivity index (χ1) is 9.17. The van der Waals surface area contributed by atoms with Crippen LogP contribution in [0.3, 0.4) is 0 Å². The number of halogens is 1. The van der Waals surface area contributed by atoms with E-state index in [1.807, 2.05) is 0 Å². The molecule has 108 valence electrons. The zero-order valence-electron chi connectivity index (χ0n) is 11.3. The van der Waals surface area contributed by atoms with Crippen molar-refractivity contribution in [3.8, 4) is 0 Å². The predicted octanol–water partition coefficient (Wildman–Crippen LogP) is 1.87. The van der Waals surface area contributed by atoms with Gasteiger partial charge in [0, 0.05) is 26.4 Å². The Labute approximate surface area is 122 Å². The minimum atomic E-state index is -0.462. The number of methoxy groups -OCH3 is 1. The molecule has 1 rings (SSSR count). The van der Waals surface area contributed by atoms with E-state index in [4.69, 9.17) is 4.74 Å². The maximum Gasteiger partial charge on any atom is 0.224 e. The summed E-state index contributed by atoms with van der Waals surface area (Å²) in [5.74, 6) is 1.32. The molecule has 0 aromatic carbocycles. The van der Waals surface area contributed by atoms with Crippen molar-refractivity contribution in [2.24, 2.45) is 0 Å². The van der Waals surface area contributed by atoms with Gasteiger partial charge in [0.25, 0.3) is 0 Å². The quantitative estimate of drug-likeness (QED) is 0.640. The second-order valence-electron chi connectivity index (χ2n) is 4.14. The van der Waals surface area contributed by atoms with Crippen LogP contribution in [0.2, 0.25) is 0 Å². The molecular formula is C12H21BrN4O2. The molecule has 7 heteroatoms. The van der Waals surface area contributed by atoms with Crippen LogP contribution in [0.5, 0.6) is 0 Å². The second-order valence-corrected chi connectivity index (χ2v) is 5.00. The van der Waals surface area contributed by atoms with Gasteiger partial charge in [0.2, 0.25) is 5.95 Å². The lowest BCUT2D eigenvalue weighted by Crippen LogP contribution is -2.19. The summed E-state index contributed by atoms with van der Waals surface area (Å²) in [5, 5.41) is 15.8. The van der Waals surface area contributed by atoms with Gasteiger partial charge in [-0.05, 0) is 28.8 Å². The van der Waals surface area contributed by atoms with Gasteiger partial charge in [-0.2, -0.15) is 4.98 Å². The number of aliphatic hydroxyl groups excluding tert-OH is 1. The van der Waals surface area contributed by atoms with Gasteiger partial charge in [-0.1, -0.05) is 6.92 Å². The van der Waals surface area contributed by atoms with E-state index in [-0.39, 0.29) is 0 Å². The number of nitrogens with one attached hydrogen (secondary N) is 2. The first-order valence-corrected chi connectivity index (χ1v) is 7.14. The third-order valence-electron chi connectivity index (χ3n) is 2.41. The highest BCUT2D eigenvalue weighted by Crippen LogP contribution is 2.20. The molecule has 1 atom stereocenters. The molecule has 0 spiro atoms. The van der Waals surface area contributed by atoms with Crippen molar-refractivity contribution in [3.63, 3.8) is 0 Å². The van der Waals surface area contributed by atoms with E-state index >= 15 is 0 Å². The highest BCUT2D eigenvalue weighted by molar-refractivity contribution is 9.10. The summed E-state index contributed by atoms with van der Waals surface area (Å²) >= 11 is 3.39. The fraction of sp³-hybridized carbons (Fsp3) is 0.667. The van der Waals surface area contributed by atoms with Crippen molar-refractivity contribution >= 4 is 27.7 Å².